The Kier molecular flexibility index (Phi) is 2.47. The van der Waals surface area contributed by atoms with Gasteiger partial charge < -0.3 is 10.4 Å². The van der Waals surface area contributed by atoms with Crippen LogP contribution in [-0.2, 0) is 9.84 Å². The van der Waals surface area contributed by atoms with Gasteiger partial charge in [0.05, 0.1) is 10.6 Å². The third-order valence-electron chi connectivity index (χ3n) is 1.67. The van der Waals surface area contributed by atoms with Gasteiger partial charge in [0.1, 0.15) is 5.75 Å². The lowest BCUT2D eigenvalue weighted by Gasteiger charge is -2.05. The van der Waals surface area contributed by atoms with E-state index in [0.29, 0.717) is 5.69 Å². The molecule has 0 fully saturated rings. The van der Waals surface area contributed by atoms with Crippen LogP contribution in [0, 0.1) is 0 Å². The first-order valence-corrected chi connectivity index (χ1v) is 5.55. The topological polar surface area (TPSA) is 66.4 Å². The Labute approximate surface area is 77.1 Å². The lowest BCUT2D eigenvalue weighted by Crippen LogP contribution is -1.98. The van der Waals surface area contributed by atoms with Crippen LogP contribution in [0.5, 0.6) is 5.75 Å². The summed E-state index contributed by atoms with van der Waals surface area (Å²) in [6.07, 6.45) is 1.12. The van der Waals surface area contributed by atoms with Crippen molar-refractivity contribution < 1.29 is 13.5 Å². The summed E-state index contributed by atoms with van der Waals surface area (Å²) >= 11 is 0. The van der Waals surface area contributed by atoms with Crippen LogP contribution in [0.15, 0.2) is 23.1 Å². The fourth-order valence-corrected chi connectivity index (χ4v) is 1.59. The monoisotopic (exact) mass is 201 g/mol. The Morgan fingerprint density at radius 3 is 2.46 bits per heavy atom. The first kappa shape index (κ1) is 9.85. The van der Waals surface area contributed by atoms with Crippen LogP contribution in [0.3, 0.4) is 0 Å². The van der Waals surface area contributed by atoms with Gasteiger partial charge in [-0.1, -0.05) is 0 Å². The van der Waals surface area contributed by atoms with Crippen LogP contribution in [0.1, 0.15) is 0 Å². The molecule has 0 saturated heterocycles. The molecule has 0 bridgehead atoms. The summed E-state index contributed by atoms with van der Waals surface area (Å²) in [6.45, 7) is 0. The quantitative estimate of drug-likeness (QED) is 0.696. The second-order valence-electron chi connectivity index (χ2n) is 2.70. The van der Waals surface area contributed by atoms with Crippen molar-refractivity contribution in [1.29, 1.82) is 0 Å². The predicted molar refractivity (Wildman–Crippen MR) is 50.8 cm³/mol. The molecule has 13 heavy (non-hydrogen) atoms. The van der Waals surface area contributed by atoms with Gasteiger partial charge in [-0.2, -0.15) is 0 Å². The normalized spacial score (nSPS) is 11.2. The maximum Gasteiger partial charge on any atom is 0.175 e. The van der Waals surface area contributed by atoms with E-state index < -0.39 is 9.84 Å². The molecule has 1 aromatic rings. The molecule has 0 atom stereocenters. The average Bonchev–Trinajstić information content (AvgIpc) is 2.03. The fourth-order valence-electron chi connectivity index (χ4n) is 0.946. The van der Waals surface area contributed by atoms with Gasteiger partial charge in [0, 0.05) is 13.3 Å². The summed E-state index contributed by atoms with van der Waals surface area (Å²) in [5.74, 6) is 0.0369. The van der Waals surface area contributed by atoms with Crippen molar-refractivity contribution in [1.82, 2.24) is 0 Å². The van der Waals surface area contributed by atoms with Crippen LogP contribution in [-0.4, -0.2) is 26.8 Å². The second-order valence-corrected chi connectivity index (χ2v) is 4.72. The van der Waals surface area contributed by atoms with E-state index in [2.05, 4.69) is 5.32 Å². The summed E-state index contributed by atoms with van der Waals surface area (Å²) in [6, 6.07) is 4.11. The Morgan fingerprint density at radius 1 is 1.38 bits per heavy atom. The molecule has 5 heteroatoms. The molecule has 0 aromatic heterocycles. The number of sulfone groups is 1. The lowest BCUT2D eigenvalue weighted by molar-refractivity contribution is 0.477. The van der Waals surface area contributed by atoms with Crippen molar-refractivity contribution >= 4 is 15.5 Å². The molecule has 0 aliphatic carbocycles. The molecule has 0 aliphatic heterocycles. The molecule has 2 N–H and O–H groups in total. The molecule has 4 nitrogen and oxygen atoms in total. The van der Waals surface area contributed by atoms with Crippen molar-refractivity contribution in [2.45, 2.75) is 4.90 Å². The number of aromatic hydroxyl groups is 1. The largest absolute Gasteiger partial charge is 0.506 e. The maximum atomic E-state index is 11.1. The zero-order valence-electron chi connectivity index (χ0n) is 7.40. The van der Waals surface area contributed by atoms with Crippen LogP contribution in [0.25, 0.3) is 0 Å². The molecule has 1 aromatic carbocycles. The Balaban J connectivity index is 3.30. The van der Waals surface area contributed by atoms with E-state index in [-0.39, 0.29) is 10.6 Å². The Bertz CT molecular complexity index is 411. The van der Waals surface area contributed by atoms with Gasteiger partial charge in [-0.3, -0.25) is 0 Å². The van der Waals surface area contributed by atoms with E-state index in [1.165, 1.54) is 18.2 Å². The highest BCUT2D eigenvalue weighted by atomic mass is 32.2. The summed E-state index contributed by atoms with van der Waals surface area (Å²) in [5.41, 5.74) is 0.405. The van der Waals surface area contributed by atoms with Gasteiger partial charge in [-0.15, -0.1) is 0 Å². The van der Waals surface area contributed by atoms with Crippen molar-refractivity contribution in [3.63, 3.8) is 0 Å². The average molecular weight is 201 g/mol. The molecular weight excluding hydrogens is 190 g/mol. The van der Waals surface area contributed by atoms with Crippen molar-refractivity contribution in [2.75, 3.05) is 18.6 Å². The summed E-state index contributed by atoms with van der Waals surface area (Å²) in [7, 11) is -1.59. The number of hydrogen-bond donors (Lipinski definition) is 2. The van der Waals surface area contributed by atoms with Crippen LogP contribution in [0.4, 0.5) is 5.69 Å². The van der Waals surface area contributed by atoms with E-state index in [0.717, 1.165) is 6.26 Å². The molecular formula is C8H11NO3S. The number of anilines is 1. The SMILES string of the molecule is CNc1cc(S(C)(=O)=O)ccc1O. The number of phenols is 1. The minimum absolute atomic E-state index is 0.0369. The van der Waals surface area contributed by atoms with Gasteiger partial charge in [-0.05, 0) is 18.2 Å². The molecule has 0 amide bonds. The highest BCUT2D eigenvalue weighted by molar-refractivity contribution is 7.90. The lowest BCUT2D eigenvalue weighted by atomic mass is 10.3. The van der Waals surface area contributed by atoms with Crippen LogP contribution < -0.4 is 5.32 Å². The third-order valence-corrected chi connectivity index (χ3v) is 2.78. The molecule has 0 aliphatic rings. The summed E-state index contributed by atoms with van der Waals surface area (Å²) in [5, 5.41) is 11.9. The van der Waals surface area contributed by atoms with Gasteiger partial charge >= 0.3 is 0 Å². The Hall–Kier alpha value is -1.23. The van der Waals surface area contributed by atoms with E-state index in [9.17, 15) is 13.5 Å². The van der Waals surface area contributed by atoms with E-state index in [4.69, 9.17) is 0 Å². The van der Waals surface area contributed by atoms with Crippen molar-refractivity contribution in [3.05, 3.63) is 18.2 Å². The number of rotatable bonds is 2. The Morgan fingerprint density at radius 2 is 2.00 bits per heavy atom. The first-order chi connectivity index (χ1) is 5.95. The molecule has 72 valence electrons. The maximum absolute atomic E-state index is 11.1. The first-order valence-electron chi connectivity index (χ1n) is 3.66. The molecule has 0 spiro atoms. The van der Waals surface area contributed by atoms with E-state index in [1.54, 1.807) is 7.05 Å². The highest BCUT2D eigenvalue weighted by Gasteiger charge is 2.09. The standard InChI is InChI=1S/C8H11NO3S/c1-9-7-5-6(13(2,11)12)3-4-8(7)10/h3-5,9-10H,1-2H3. The van der Waals surface area contributed by atoms with Crippen molar-refractivity contribution in [2.24, 2.45) is 0 Å². The van der Waals surface area contributed by atoms with E-state index in [1.807, 2.05) is 0 Å². The van der Waals surface area contributed by atoms with Gasteiger partial charge in [0.25, 0.3) is 0 Å². The number of benzene rings is 1. The minimum Gasteiger partial charge on any atom is -0.506 e. The molecule has 0 radical (unpaired) electrons. The minimum atomic E-state index is -3.20. The number of hydrogen-bond acceptors (Lipinski definition) is 4. The molecule has 0 heterocycles. The predicted octanol–water partition coefficient (Wildman–Crippen LogP) is 0.837. The molecule has 0 saturated carbocycles. The zero-order valence-corrected chi connectivity index (χ0v) is 8.22. The van der Waals surface area contributed by atoms with Gasteiger partial charge in [0.2, 0.25) is 0 Å². The fraction of sp³-hybridized carbons (Fsp3) is 0.250. The third kappa shape index (κ3) is 2.12. The van der Waals surface area contributed by atoms with E-state index >= 15 is 0 Å². The molecule has 0 unspecified atom stereocenters. The number of nitrogens with one attached hydrogen (secondary N) is 1. The zero-order chi connectivity index (χ0) is 10.1. The molecule has 1 rings (SSSR count). The van der Waals surface area contributed by atoms with Crippen LogP contribution >= 0.6 is 0 Å². The second kappa shape index (κ2) is 3.26. The highest BCUT2D eigenvalue weighted by Crippen LogP contribution is 2.25. The summed E-state index contributed by atoms with van der Waals surface area (Å²) < 4.78 is 22.2. The summed E-state index contributed by atoms with van der Waals surface area (Å²) in [4.78, 5) is 0.189. The van der Waals surface area contributed by atoms with Gasteiger partial charge in [0.15, 0.2) is 9.84 Å². The van der Waals surface area contributed by atoms with Crippen LogP contribution in [0.2, 0.25) is 0 Å². The smallest absolute Gasteiger partial charge is 0.175 e. The van der Waals surface area contributed by atoms with Crippen molar-refractivity contribution in [3.8, 4) is 5.75 Å². The van der Waals surface area contributed by atoms with Gasteiger partial charge in [-0.25, -0.2) is 8.42 Å². The number of phenolic OH excluding ortho intramolecular Hbond substituents is 1.